The van der Waals surface area contributed by atoms with E-state index in [4.69, 9.17) is 0 Å². The van der Waals surface area contributed by atoms with Crippen molar-refractivity contribution in [1.29, 1.82) is 0 Å². The Labute approximate surface area is 98.8 Å². The van der Waals surface area contributed by atoms with Crippen molar-refractivity contribution in [2.75, 3.05) is 16.8 Å². The van der Waals surface area contributed by atoms with E-state index in [9.17, 15) is 17.2 Å². The third kappa shape index (κ3) is 3.15. The molecular weight excluding hydrogens is 248 g/mol. The highest BCUT2D eigenvalue weighted by atomic mass is 32.2. The van der Waals surface area contributed by atoms with Crippen molar-refractivity contribution in [2.24, 2.45) is 0 Å². The molecule has 6 heteroatoms. The summed E-state index contributed by atoms with van der Waals surface area (Å²) in [4.78, 5) is 0. The van der Waals surface area contributed by atoms with Gasteiger partial charge in [0.2, 0.25) is 0 Å². The fourth-order valence-corrected chi connectivity index (χ4v) is 3.60. The Hall–Kier alpha value is -1.17. The molecule has 1 saturated heterocycles. The topological polar surface area (TPSA) is 46.2 Å². The number of halogens is 2. The second-order valence-corrected chi connectivity index (χ2v) is 6.45. The van der Waals surface area contributed by atoms with Gasteiger partial charge in [0.15, 0.2) is 9.84 Å². The Morgan fingerprint density at radius 2 is 2.06 bits per heavy atom. The average Bonchev–Trinajstić information content (AvgIpc) is 2.22. The van der Waals surface area contributed by atoms with Crippen molar-refractivity contribution in [3.05, 3.63) is 29.8 Å². The van der Waals surface area contributed by atoms with Crippen LogP contribution in [0.4, 0.5) is 14.5 Å². The normalized spacial score (nSPS) is 23.3. The SMILES string of the molecule is O=S1(=O)CCCC(Nc2cc(F)ccc2F)C1. The van der Waals surface area contributed by atoms with Gasteiger partial charge in [-0.15, -0.1) is 0 Å². The molecule has 2 rings (SSSR count). The van der Waals surface area contributed by atoms with Crippen LogP contribution in [0, 0.1) is 11.6 Å². The summed E-state index contributed by atoms with van der Waals surface area (Å²) < 4.78 is 49.1. The van der Waals surface area contributed by atoms with Crippen molar-refractivity contribution >= 4 is 15.5 Å². The lowest BCUT2D eigenvalue weighted by Gasteiger charge is -2.24. The van der Waals surface area contributed by atoms with E-state index in [1.165, 1.54) is 0 Å². The van der Waals surface area contributed by atoms with Gasteiger partial charge in [-0.2, -0.15) is 0 Å². The predicted molar refractivity (Wildman–Crippen MR) is 61.7 cm³/mol. The zero-order valence-electron chi connectivity index (χ0n) is 9.12. The van der Waals surface area contributed by atoms with Crippen LogP contribution in [-0.4, -0.2) is 26.0 Å². The van der Waals surface area contributed by atoms with Crippen molar-refractivity contribution in [3.8, 4) is 0 Å². The maximum atomic E-state index is 13.3. The van der Waals surface area contributed by atoms with Gasteiger partial charge >= 0.3 is 0 Å². The molecular formula is C11H13F2NO2S. The molecule has 1 aliphatic heterocycles. The molecule has 94 valence electrons. The van der Waals surface area contributed by atoms with Gasteiger partial charge in [0.1, 0.15) is 11.6 Å². The highest BCUT2D eigenvalue weighted by Crippen LogP contribution is 2.20. The molecule has 1 aromatic rings. The van der Waals surface area contributed by atoms with Gasteiger partial charge in [-0.3, -0.25) is 0 Å². The largest absolute Gasteiger partial charge is 0.379 e. The molecule has 3 nitrogen and oxygen atoms in total. The van der Waals surface area contributed by atoms with E-state index < -0.39 is 21.5 Å². The minimum absolute atomic E-state index is 0.0205. The minimum Gasteiger partial charge on any atom is -0.379 e. The highest BCUT2D eigenvalue weighted by Gasteiger charge is 2.25. The molecule has 1 aromatic carbocycles. The first-order chi connectivity index (χ1) is 7.96. The first kappa shape index (κ1) is 12.3. The van der Waals surface area contributed by atoms with Crippen molar-refractivity contribution < 1.29 is 17.2 Å². The molecule has 17 heavy (non-hydrogen) atoms. The summed E-state index contributed by atoms with van der Waals surface area (Å²) in [6, 6.07) is 2.74. The number of hydrogen-bond acceptors (Lipinski definition) is 3. The molecule has 1 fully saturated rings. The van der Waals surface area contributed by atoms with Crippen LogP contribution in [0.25, 0.3) is 0 Å². The lowest BCUT2D eigenvalue weighted by molar-refractivity contribution is 0.558. The van der Waals surface area contributed by atoms with Crippen LogP contribution in [-0.2, 0) is 9.84 Å². The minimum atomic E-state index is -3.05. The molecule has 1 N–H and O–H groups in total. The number of sulfone groups is 1. The molecule has 0 saturated carbocycles. The second kappa shape index (κ2) is 4.60. The van der Waals surface area contributed by atoms with E-state index in [0.717, 1.165) is 18.2 Å². The van der Waals surface area contributed by atoms with E-state index in [2.05, 4.69) is 5.32 Å². The first-order valence-corrected chi connectivity index (χ1v) is 7.20. The smallest absolute Gasteiger partial charge is 0.152 e. The fourth-order valence-electron chi connectivity index (χ4n) is 1.96. The molecule has 1 unspecified atom stereocenters. The Bertz CT molecular complexity index is 516. The number of rotatable bonds is 2. The van der Waals surface area contributed by atoms with Crippen LogP contribution in [0.2, 0.25) is 0 Å². The third-order valence-corrected chi connectivity index (χ3v) is 4.57. The number of benzene rings is 1. The fraction of sp³-hybridized carbons (Fsp3) is 0.455. The summed E-state index contributed by atoms with van der Waals surface area (Å²) >= 11 is 0. The summed E-state index contributed by atoms with van der Waals surface area (Å²) in [5.74, 6) is -0.971. The molecule has 1 aliphatic rings. The number of hydrogen-bond donors (Lipinski definition) is 1. The molecule has 1 heterocycles. The van der Waals surface area contributed by atoms with E-state index in [1.54, 1.807) is 0 Å². The van der Waals surface area contributed by atoms with Crippen LogP contribution in [0.3, 0.4) is 0 Å². The van der Waals surface area contributed by atoms with Crippen molar-refractivity contribution in [3.63, 3.8) is 0 Å². The predicted octanol–water partition coefficient (Wildman–Crippen LogP) is 1.95. The summed E-state index contributed by atoms with van der Waals surface area (Å²) in [5.41, 5.74) is 0.0205. The molecule has 1 atom stereocenters. The Balaban J connectivity index is 2.13. The van der Waals surface area contributed by atoms with Crippen LogP contribution in [0.5, 0.6) is 0 Å². The van der Waals surface area contributed by atoms with Gasteiger partial charge < -0.3 is 5.32 Å². The quantitative estimate of drug-likeness (QED) is 0.885. The lowest BCUT2D eigenvalue weighted by Crippen LogP contribution is -2.35. The number of nitrogens with one attached hydrogen (secondary N) is 1. The van der Waals surface area contributed by atoms with Crippen molar-refractivity contribution in [2.45, 2.75) is 18.9 Å². The number of anilines is 1. The van der Waals surface area contributed by atoms with Gasteiger partial charge in [0.05, 0.1) is 17.2 Å². The third-order valence-electron chi connectivity index (χ3n) is 2.75. The monoisotopic (exact) mass is 261 g/mol. The summed E-state index contributed by atoms with van der Waals surface area (Å²) in [6.45, 7) is 0. The van der Waals surface area contributed by atoms with E-state index in [0.29, 0.717) is 12.8 Å². The lowest BCUT2D eigenvalue weighted by atomic mass is 10.1. The van der Waals surface area contributed by atoms with Crippen LogP contribution >= 0.6 is 0 Å². The van der Waals surface area contributed by atoms with E-state index >= 15 is 0 Å². The summed E-state index contributed by atoms with van der Waals surface area (Å²) in [7, 11) is -3.05. The summed E-state index contributed by atoms with van der Waals surface area (Å²) in [5, 5.41) is 2.75. The molecule has 0 aromatic heterocycles. The second-order valence-electron chi connectivity index (χ2n) is 4.22. The van der Waals surface area contributed by atoms with Gasteiger partial charge in [-0.05, 0) is 31.0 Å². The molecule has 0 radical (unpaired) electrons. The zero-order valence-corrected chi connectivity index (χ0v) is 9.93. The standard InChI is InChI=1S/C11H13F2NO2S/c12-8-3-4-10(13)11(6-8)14-9-2-1-5-17(15,16)7-9/h3-4,6,9,14H,1-2,5,7H2. The average molecular weight is 261 g/mol. The van der Waals surface area contributed by atoms with Crippen LogP contribution in [0.1, 0.15) is 12.8 Å². The van der Waals surface area contributed by atoms with Crippen molar-refractivity contribution in [1.82, 2.24) is 0 Å². The van der Waals surface area contributed by atoms with Gasteiger partial charge in [-0.1, -0.05) is 0 Å². The van der Waals surface area contributed by atoms with Gasteiger partial charge in [0, 0.05) is 6.04 Å². The Morgan fingerprint density at radius 3 is 2.76 bits per heavy atom. The highest BCUT2D eigenvalue weighted by molar-refractivity contribution is 7.91. The molecule has 0 aliphatic carbocycles. The first-order valence-electron chi connectivity index (χ1n) is 5.38. The molecule has 0 amide bonds. The van der Waals surface area contributed by atoms with Gasteiger partial charge in [-0.25, -0.2) is 17.2 Å². The van der Waals surface area contributed by atoms with Crippen LogP contribution in [0.15, 0.2) is 18.2 Å². The maximum Gasteiger partial charge on any atom is 0.152 e. The maximum absolute atomic E-state index is 13.3. The molecule has 0 spiro atoms. The van der Waals surface area contributed by atoms with Crippen LogP contribution < -0.4 is 5.32 Å². The van der Waals surface area contributed by atoms with E-state index in [1.807, 2.05) is 0 Å². The zero-order chi connectivity index (χ0) is 12.5. The Kier molecular flexibility index (Phi) is 3.33. The molecule has 0 bridgehead atoms. The van der Waals surface area contributed by atoms with E-state index in [-0.39, 0.29) is 23.2 Å². The van der Waals surface area contributed by atoms with Gasteiger partial charge in [0.25, 0.3) is 0 Å². The summed E-state index contributed by atoms with van der Waals surface area (Å²) in [6.07, 6.45) is 1.20. The Morgan fingerprint density at radius 1 is 1.29 bits per heavy atom.